The molecule has 17 heavy (non-hydrogen) atoms. The van der Waals surface area contributed by atoms with Crippen LogP contribution in [-0.2, 0) is 6.54 Å². The summed E-state index contributed by atoms with van der Waals surface area (Å²) in [4.78, 5) is 2.16. The quantitative estimate of drug-likeness (QED) is 0.846. The van der Waals surface area contributed by atoms with Crippen LogP contribution < -0.4 is 10.1 Å². The van der Waals surface area contributed by atoms with Gasteiger partial charge in [0, 0.05) is 29.7 Å². The molecule has 0 saturated heterocycles. The number of hydrogen-bond acceptors (Lipinski definition) is 3. The van der Waals surface area contributed by atoms with Crippen LogP contribution in [0, 0.1) is 0 Å². The Kier molecular flexibility index (Phi) is 5.75. The summed E-state index contributed by atoms with van der Waals surface area (Å²) in [5.41, 5.74) is 1.09. The van der Waals surface area contributed by atoms with E-state index < -0.39 is 0 Å². The summed E-state index contributed by atoms with van der Waals surface area (Å²) in [6.07, 6.45) is 0. The second-order valence-electron chi connectivity index (χ2n) is 4.50. The third kappa shape index (κ3) is 4.94. The van der Waals surface area contributed by atoms with Crippen molar-refractivity contribution in [3.8, 4) is 5.75 Å². The Morgan fingerprint density at radius 1 is 1.41 bits per heavy atom. The van der Waals surface area contributed by atoms with Gasteiger partial charge in [0.15, 0.2) is 0 Å². The maximum atomic E-state index is 5.98. The maximum absolute atomic E-state index is 5.98. The number of benzene rings is 1. The average Bonchev–Trinajstić information content (AvgIpc) is 2.25. The molecule has 0 radical (unpaired) electrons. The van der Waals surface area contributed by atoms with Crippen LogP contribution in [0.5, 0.6) is 5.75 Å². The van der Waals surface area contributed by atoms with Crippen LogP contribution in [0.1, 0.15) is 12.5 Å². The highest BCUT2D eigenvalue weighted by atomic mass is 35.5. The van der Waals surface area contributed by atoms with Gasteiger partial charge in [0.25, 0.3) is 0 Å². The fraction of sp³-hybridized carbons (Fsp3) is 0.538. The number of halogens is 1. The summed E-state index contributed by atoms with van der Waals surface area (Å²) in [6.45, 7) is 3.93. The van der Waals surface area contributed by atoms with Crippen LogP contribution in [0.2, 0.25) is 5.02 Å². The standard InChI is InChI=1S/C13H21ClN2O/c1-10(9-16(2)3)15-8-11-7-12(14)5-6-13(11)17-4/h5-7,10,15H,8-9H2,1-4H3. The van der Waals surface area contributed by atoms with E-state index in [1.54, 1.807) is 7.11 Å². The zero-order valence-corrected chi connectivity index (χ0v) is 11.7. The minimum Gasteiger partial charge on any atom is -0.496 e. The molecule has 1 aromatic rings. The highest BCUT2D eigenvalue weighted by Gasteiger charge is 2.07. The molecule has 0 aliphatic rings. The zero-order valence-electron chi connectivity index (χ0n) is 11.0. The van der Waals surface area contributed by atoms with E-state index >= 15 is 0 Å². The predicted octanol–water partition coefficient (Wildman–Crippen LogP) is 2.39. The third-order valence-electron chi connectivity index (χ3n) is 2.52. The van der Waals surface area contributed by atoms with Gasteiger partial charge in [0.05, 0.1) is 7.11 Å². The molecule has 1 N–H and O–H groups in total. The van der Waals surface area contributed by atoms with Gasteiger partial charge in [-0.25, -0.2) is 0 Å². The molecule has 0 aliphatic carbocycles. The first-order chi connectivity index (χ1) is 8.02. The Morgan fingerprint density at radius 2 is 2.12 bits per heavy atom. The molecule has 3 nitrogen and oxygen atoms in total. The Labute approximate surface area is 109 Å². The van der Waals surface area contributed by atoms with Crippen molar-refractivity contribution in [3.05, 3.63) is 28.8 Å². The van der Waals surface area contributed by atoms with E-state index in [-0.39, 0.29) is 0 Å². The van der Waals surface area contributed by atoms with Crippen molar-refractivity contribution in [2.24, 2.45) is 0 Å². The topological polar surface area (TPSA) is 24.5 Å². The number of methoxy groups -OCH3 is 1. The number of nitrogens with one attached hydrogen (secondary N) is 1. The van der Waals surface area contributed by atoms with Gasteiger partial charge >= 0.3 is 0 Å². The second kappa shape index (κ2) is 6.84. The predicted molar refractivity (Wildman–Crippen MR) is 72.9 cm³/mol. The van der Waals surface area contributed by atoms with Crippen molar-refractivity contribution in [2.75, 3.05) is 27.7 Å². The minimum atomic E-state index is 0.425. The first kappa shape index (κ1) is 14.3. The molecule has 0 aromatic heterocycles. The monoisotopic (exact) mass is 256 g/mol. The lowest BCUT2D eigenvalue weighted by Gasteiger charge is -2.19. The van der Waals surface area contributed by atoms with Crippen LogP contribution in [-0.4, -0.2) is 38.7 Å². The van der Waals surface area contributed by atoms with E-state index in [9.17, 15) is 0 Å². The van der Waals surface area contributed by atoms with Crippen molar-refractivity contribution < 1.29 is 4.74 Å². The maximum Gasteiger partial charge on any atom is 0.123 e. The highest BCUT2D eigenvalue weighted by Crippen LogP contribution is 2.22. The molecular formula is C13H21ClN2O. The highest BCUT2D eigenvalue weighted by molar-refractivity contribution is 6.30. The summed E-state index contributed by atoms with van der Waals surface area (Å²) < 4.78 is 5.30. The number of rotatable bonds is 6. The van der Waals surface area contributed by atoms with Crippen molar-refractivity contribution in [2.45, 2.75) is 19.5 Å². The van der Waals surface area contributed by atoms with Crippen LogP contribution >= 0.6 is 11.6 Å². The molecule has 0 heterocycles. The minimum absolute atomic E-state index is 0.425. The molecule has 0 amide bonds. The first-order valence-electron chi connectivity index (χ1n) is 5.73. The normalized spacial score (nSPS) is 12.8. The number of hydrogen-bond donors (Lipinski definition) is 1. The fourth-order valence-corrected chi connectivity index (χ4v) is 1.98. The molecular weight excluding hydrogens is 236 g/mol. The van der Waals surface area contributed by atoms with Crippen LogP contribution in [0.15, 0.2) is 18.2 Å². The third-order valence-corrected chi connectivity index (χ3v) is 2.76. The second-order valence-corrected chi connectivity index (χ2v) is 4.94. The van der Waals surface area contributed by atoms with Crippen molar-refractivity contribution in [1.82, 2.24) is 10.2 Å². The molecule has 96 valence electrons. The van der Waals surface area contributed by atoms with Gasteiger partial charge in [0.2, 0.25) is 0 Å². The summed E-state index contributed by atoms with van der Waals surface area (Å²) in [6, 6.07) is 6.10. The molecule has 0 bridgehead atoms. The van der Waals surface area contributed by atoms with Crippen LogP contribution in [0.3, 0.4) is 0 Å². The molecule has 1 unspecified atom stereocenters. The molecule has 4 heteroatoms. The van der Waals surface area contributed by atoms with E-state index in [4.69, 9.17) is 16.3 Å². The molecule has 0 spiro atoms. The largest absolute Gasteiger partial charge is 0.496 e. The van der Waals surface area contributed by atoms with Crippen molar-refractivity contribution in [1.29, 1.82) is 0 Å². The lowest BCUT2D eigenvalue weighted by Crippen LogP contribution is -2.35. The first-order valence-corrected chi connectivity index (χ1v) is 6.11. The van der Waals surface area contributed by atoms with Gasteiger partial charge in [-0.15, -0.1) is 0 Å². The van der Waals surface area contributed by atoms with Crippen LogP contribution in [0.4, 0.5) is 0 Å². The zero-order chi connectivity index (χ0) is 12.8. The Bertz CT molecular complexity index is 355. The molecule has 0 saturated carbocycles. The Hall–Kier alpha value is -0.770. The summed E-state index contributed by atoms with van der Waals surface area (Å²) in [5.74, 6) is 0.874. The molecule has 1 rings (SSSR count). The van der Waals surface area contributed by atoms with Gasteiger partial charge < -0.3 is 15.0 Å². The lowest BCUT2D eigenvalue weighted by atomic mass is 10.2. The molecule has 1 atom stereocenters. The van der Waals surface area contributed by atoms with E-state index in [1.807, 2.05) is 18.2 Å². The van der Waals surface area contributed by atoms with Gasteiger partial charge in [0.1, 0.15) is 5.75 Å². The smallest absolute Gasteiger partial charge is 0.123 e. The van der Waals surface area contributed by atoms with E-state index in [0.29, 0.717) is 6.04 Å². The lowest BCUT2D eigenvalue weighted by molar-refractivity contribution is 0.346. The van der Waals surface area contributed by atoms with Crippen molar-refractivity contribution in [3.63, 3.8) is 0 Å². The molecule has 0 aliphatic heterocycles. The van der Waals surface area contributed by atoms with E-state index in [0.717, 1.165) is 29.4 Å². The van der Waals surface area contributed by atoms with Crippen molar-refractivity contribution >= 4 is 11.6 Å². The Morgan fingerprint density at radius 3 is 2.71 bits per heavy atom. The Balaban J connectivity index is 2.58. The van der Waals surface area contributed by atoms with Crippen LogP contribution in [0.25, 0.3) is 0 Å². The number of ether oxygens (including phenoxy) is 1. The van der Waals surface area contributed by atoms with E-state index in [2.05, 4.69) is 31.2 Å². The summed E-state index contributed by atoms with van der Waals surface area (Å²) in [7, 11) is 5.81. The van der Waals surface area contributed by atoms with Gasteiger partial charge in [-0.2, -0.15) is 0 Å². The summed E-state index contributed by atoms with van der Waals surface area (Å²) >= 11 is 5.98. The molecule has 0 fully saturated rings. The van der Waals surface area contributed by atoms with E-state index in [1.165, 1.54) is 0 Å². The number of likely N-dealkylation sites (N-methyl/N-ethyl adjacent to an activating group) is 1. The molecule has 1 aromatic carbocycles. The van der Waals surface area contributed by atoms with Gasteiger partial charge in [-0.1, -0.05) is 11.6 Å². The number of nitrogens with zero attached hydrogens (tertiary/aromatic N) is 1. The van der Waals surface area contributed by atoms with Gasteiger partial charge in [-0.05, 0) is 39.2 Å². The average molecular weight is 257 g/mol. The fourth-order valence-electron chi connectivity index (χ4n) is 1.78. The summed E-state index contributed by atoms with van der Waals surface area (Å²) in [5, 5.41) is 4.19. The van der Waals surface area contributed by atoms with Gasteiger partial charge in [-0.3, -0.25) is 0 Å². The SMILES string of the molecule is COc1ccc(Cl)cc1CNC(C)CN(C)C.